The van der Waals surface area contributed by atoms with Gasteiger partial charge in [-0.1, -0.05) is 12.1 Å². The number of likely N-dealkylation sites (N-methyl/N-ethyl adjacent to an activating group) is 2. The average Bonchev–Trinajstić information content (AvgIpc) is 4.22. The minimum Gasteiger partial charge on any atom is -0.444 e. The number of piperazine rings is 1. The fraction of sp³-hybridized carbons (Fsp3) is 0.508. The standard InChI is InChI=1S/C34H45N9O4.C25H30N8O/c1-22-10-11-26-25(19-36-43(26)27-9-7-8-18-45-27)29(22)46-31-28-24(12-13-35-31)30(38-32(37-28)42-20-23(21-42)39(5)6)40-14-16-41(17-15-40)33(44)47-34(2,3)4;1-16-7-8-20-19(13-27-30-20)22(16)34-24-21-18(9-10-26-24)23(32-11-5-4-6-12-32)29-25(28-21)33-14-17(15-33)31(2)3/h10-13,19,23,27H,7-9,14-18,20-21H2,1-6H3;7-10,13,17H,4-6,11-12,14-15H2,1-3H3,(H,27,30). The molecule has 1 amide bonds. The number of hydrogen-bond acceptors (Lipinski definition) is 19. The number of rotatable bonds is 11. The third-order valence-electron chi connectivity index (χ3n) is 16.3. The first-order chi connectivity index (χ1) is 39.1. The molecule has 5 aliphatic rings. The van der Waals surface area contributed by atoms with Crippen LogP contribution in [-0.4, -0.2) is 189 Å². The Hall–Kier alpha value is -7.69. The number of amides is 1. The molecule has 0 spiro atoms. The number of anilines is 4. The summed E-state index contributed by atoms with van der Waals surface area (Å²) >= 11 is 0. The van der Waals surface area contributed by atoms with Crippen LogP contribution in [0.3, 0.4) is 0 Å². The van der Waals surface area contributed by atoms with Crippen molar-refractivity contribution in [2.24, 2.45) is 0 Å². The number of hydrogen-bond donors (Lipinski definition) is 1. The number of aryl methyl sites for hydroxylation is 2. The molecule has 1 atom stereocenters. The van der Waals surface area contributed by atoms with E-state index in [0.29, 0.717) is 67.2 Å². The van der Waals surface area contributed by atoms with Gasteiger partial charge in [0.2, 0.25) is 23.7 Å². The first kappa shape index (κ1) is 53.9. The highest BCUT2D eigenvalue weighted by Crippen LogP contribution is 2.41. The van der Waals surface area contributed by atoms with Gasteiger partial charge in [-0.05, 0) is 137 Å². The monoisotopic (exact) mass is 1100 g/mol. The van der Waals surface area contributed by atoms with Crippen LogP contribution in [0.5, 0.6) is 23.3 Å². The van der Waals surface area contributed by atoms with Gasteiger partial charge in [0.1, 0.15) is 39.8 Å². The second-order valence-corrected chi connectivity index (χ2v) is 23.6. The van der Waals surface area contributed by atoms with Crippen molar-refractivity contribution in [3.8, 4) is 23.3 Å². The van der Waals surface area contributed by atoms with Gasteiger partial charge in [-0.2, -0.15) is 20.2 Å². The third kappa shape index (κ3) is 11.0. The van der Waals surface area contributed by atoms with Gasteiger partial charge in [0.15, 0.2) is 6.23 Å². The molecule has 0 aliphatic carbocycles. The van der Waals surface area contributed by atoms with E-state index in [-0.39, 0.29) is 12.3 Å². The van der Waals surface area contributed by atoms with Gasteiger partial charge < -0.3 is 53.2 Å². The van der Waals surface area contributed by atoms with Crippen LogP contribution in [0.25, 0.3) is 43.6 Å². The number of carbonyl (C=O) groups is 1. The zero-order chi connectivity index (χ0) is 56.1. The molecule has 81 heavy (non-hydrogen) atoms. The number of nitrogens with one attached hydrogen (secondary N) is 1. The molecular formula is C59H75N17O5. The minimum atomic E-state index is -0.540. The van der Waals surface area contributed by atoms with Gasteiger partial charge in [0, 0.05) is 96.5 Å². The Balaban J connectivity index is 0.000000169. The summed E-state index contributed by atoms with van der Waals surface area (Å²) < 4.78 is 26.8. The molecule has 426 valence electrons. The van der Waals surface area contributed by atoms with E-state index >= 15 is 0 Å². The van der Waals surface area contributed by atoms with Crippen LogP contribution in [0.4, 0.5) is 28.3 Å². The Morgan fingerprint density at radius 2 is 1.20 bits per heavy atom. The molecule has 5 saturated heterocycles. The lowest BCUT2D eigenvalue weighted by molar-refractivity contribution is -0.0366. The Kier molecular flexibility index (Phi) is 14.9. The van der Waals surface area contributed by atoms with Crippen molar-refractivity contribution in [1.29, 1.82) is 0 Å². The molecule has 11 heterocycles. The number of pyridine rings is 2. The maximum atomic E-state index is 12.8. The molecule has 8 aromatic rings. The first-order valence-electron chi connectivity index (χ1n) is 28.6. The van der Waals surface area contributed by atoms with Crippen LogP contribution in [0, 0.1) is 13.8 Å². The van der Waals surface area contributed by atoms with Crippen molar-refractivity contribution in [2.75, 3.05) is 120 Å². The molecule has 22 heteroatoms. The quantitative estimate of drug-likeness (QED) is 0.129. The van der Waals surface area contributed by atoms with E-state index < -0.39 is 5.60 Å². The highest BCUT2D eigenvalue weighted by Gasteiger charge is 2.35. The first-order valence-corrected chi connectivity index (χ1v) is 28.6. The summed E-state index contributed by atoms with van der Waals surface area (Å²) in [5, 5.41) is 15.6. The number of fused-ring (bicyclic) bond motifs is 4. The van der Waals surface area contributed by atoms with Crippen molar-refractivity contribution < 1.29 is 23.7 Å². The lowest BCUT2D eigenvalue weighted by Crippen LogP contribution is -2.58. The van der Waals surface area contributed by atoms with Crippen molar-refractivity contribution >= 4 is 73.2 Å². The number of carbonyl (C=O) groups excluding carboxylic acids is 1. The molecule has 22 nitrogen and oxygen atoms in total. The van der Waals surface area contributed by atoms with Gasteiger partial charge in [0.25, 0.3) is 0 Å². The summed E-state index contributed by atoms with van der Waals surface area (Å²) in [4.78, 5) is 57.7. The molecule has 5 aliphatic heterocycles. The summed E-state index contributed by atoms with van der Waals surface area (Å²) in [6, 6.07) is 13.1. The van der Waals surface area contributed by atoms with E-state index in [1.54, 1.807) is 23.5 Å². The number of piperidine rings is 1. The van der Waals surface area contributed by atoms with Crippen molar-refractivity contribution in [3.05, 3.63) is 72.3 Å². The van der Waals surface area contributed by atoms with Crippen molar-refractivity contribution in [2.45, 2.75) is 97.1 Å². The fourth-order valence-corrected chi connectivity index (χ4v) is 11.3. The predicted octanol–water partition coefficient (Wildman–Crippen LogP) is 8.72. The van der Waals surface area contributed by atoms with Gasteiger partial charge >= 0.3 is 6.09 Å². The highest BCUT2D eigenvalue weighted by molar-refractivity contribution is 5.96. The molecule has 13 rings (SSSR count). The Labute approximate surface area is 472 Å². The molecule has 5 fully saturated rings. The second kappa shape index (κ2) is 22.3. The van der Waals surface area contributed by atoms with Crippen molar-refractivity contribution in [3.63, 3.8) is 0 Å². The van der Waals surface area contributed by atoms with E-state index in [4.69, 9.17) is 49.0 Å². The Bertz CT molecular complexity index is 3570. The molecule has 2 aromatic carbocycles. The summed E-state index contributed by atoms with van der Waals surface area (Å²) in [5.41, 5.74) is 4.75. The van der Waals surface area contributed by atoms with Crippen LogP contribution in [-0.2, 0) is 9.47 Å². The molecule has 0 saturated carbocycles. The molecule has 6 aromatic heterocycles. The highest BCUT2D eigenvalue weighted by atomic mass is 16.6. The smallest absolute Gasteiger partial charge is 0.410 e. The predicted molar refractivity (Wildman–Crippen MR) is 314 cm³/mol. The van der Waals surface area contributed by atoms with E-state index in [9.17, 15) is 4.79 Å². The number of aromatic nitrogens is 10. The van der Waals surface area contributed by atoms with Gasteiger partial charge in [-0.15, -0.1) is 0 Å². The van der Waals surface area contributed by atoms with Crippen LogP contribution in [0.2, 0.25) is 0 Å². The fourth-order valence-electron chi connectivity index (χ4n) is 11.3. The van der Waals surface area contributed by atoms with Crippen LogP contribution >= 0.6 is 0 Å². The van der Waals surface area contributed by atoms with Crippen LogP contribution in [0.1, 0.15) is 76.7 Å². The number of H-pyrrole nitrogens is 1. The van der Waals surface area contributed by atoms with E-state index in [0.717, 1.165) is 138 Å². The normalized spacial score (nSPS) is 18.5. The SMILES string of the molecule is Cc1ccc2[nH]ncc2c1Oc1nccc2c(N3CCCCC3)nc(N3CC(N(C)C)C3)nc12.Cc1ccc2c(cnn2C2CCCCO2)c1Oc1nccc2c(N3CCN(C(=O)OC(C)(C)C)CC3)nc(N3CC(N(C)C)C3)nc12. The maximum Gasteiger partial charge on any atom is 0.410 e. The summed E-state index contributed by atoms with van der Waals surface area (Å²) in [7, 11) is 8.44. The second-order valence-electron chi connectivity index (χ2n) is 23.6. The lowest BCUT2D eigenvalue weighted by atomic mass is 10.1. The minimum absolute atomic E-state index is 0.0800. The lowest BCUT2D eigenvalue weighted by Gasteiger charge is -2.43. The zero-order valence-electron chi connectivity index (χ0n) is 48.2. The number of nitrogens with zero attached hydrogens (tertiary/aromatic N) is 16. The van der Waals surface area contributed by atoms with E-state index in [1.807, 2.05) is 69.8 Å². The zero-order valence-corrected chi connectivity index (χ0v) is 48.2. The average molecular weight is 1100 g/mol. The third-order valence-corrected chi connectivity index (χ3v) is 16.3. The summed E-state index contributed by atoms with van der Waals surface area (Å²) in [6.07, 6.45) is 13.6. The molecular weight excluding hydrogens is 1030 g/mol. The number of benzene rings is 2. The summed E-state index contributed by atoms with van der Waals surface area (Å²) in [6.45, 7) is 18.3. The number of ether oxygens (including phenoxy) is 4. The largest absolute Gasteiger partial charge is 0.444 e. The maximum absolute atomic E-state index is 12.8. The van der Waals surface area contributed by atoms with Crippen molar-refractivity contribution in [1.82, 2.24) is 64.6 Å². The van der Waals surface area contributed by atoms with Crippen LogP contribution < -0.4 is 29.1 Å². The van der Waals surface area contributed by atoms with E-state index in [1.165, 1.54) is 19.3 Å². The Morgan fingerprint density at radius 1 is 0.630 bits per heavy atom. The molecule has 1 N–H and O–H groups in total. The Morgan fingerprint density at radius 3 is 1.75 bits per heavy atom. The number of aromatic amines is 1. The van der Waals surface area contributed by atoms with E-state index in [2.05, 4.69) is 84.9 Å². The molecule has 1 unspecified atom stereocenters. The molecule has 0 radical (unpaired) electrons. The van der Waals surface area contributed by atoms with Gasteiger partial charge in [-0.25, -0.2) is 29.4 Å². The van der Waals surface area contributed by atoms with Gasteiger partial charge in [0.05, 0.1) is 45.0 Å². The topological polar surface area (TPSA) is 201 Å². The molecule has 0 bridgehead atoms. The van der Waals surface area contributed by atoms with Gasteiger partial charge in [-0.3, -0.25) is 5.10 Å². The van der Waals surface area contributed by atoms with Crippen LogP contribution in [0.15, 0.2) is 61.2 Å². The summed E-state index contributed by atoms with van der Waals surface area (Å²) in [5.74, 6) is 5.57.